The van der Waals surface area contributed by atoms with E-state index in [1.807, 2.05) is 18.4 Å². The van der Waals surface area contributed by atoms with Crippen LogP contribution in [0.4, 0.5) is 5.82 Å². The summed E-state index contributed by atoms with van der Waals surface area (Å²) < 4.78 is 1.93. The van der Waals surface area contributed by atoms with Crippen LogP contribution in [-0.4, -0.2) is 19.6 Å². The topological polar surface area (TPSA) is 77.0 Å². The zero-order valence-corrected chi connectivity index (χ0v) is 9.31. The number of anilines is 1. The monoisotopic (exact) mass is 218 g/mol. The van der Waals surface area contributed by atoms with Gasteiger partial charge in [0.25, 0.3) is 0 Å². The average molecular weight is 218 g/mol. The molecule has 2 rings (SSSR count). The van der Waals surface area contributed by atoms with E-state index in [0.717, 1.165) is 0 Å². The van der Waals surface area contributed by atoms with Gasteiger partial charge in [-0.15, -0.1) is 0 Å². The second kappa shape index (κ2) is 3.52. The van der Waals surface area contributed by atoms with Crippen molar-refractivity contribution in [3.63, 3.8) is 0 Å². The summed E-state index contributed by atoms with van der Waals surface area (Å²) >= 11 is 0. The molecule has 0 saturated carbocycles. The third-order valence-electron chi connectivity index (χ3n) is 2.51. The van der Waals surface area contributed by atoms with Crippen molar-refractivity contribution in [3.8, 4) is 0 Å². The number of aliphatic hydroxyl groups excluding tert-OH is 1. The summed E-state index contributed by atoms with van der Waals surface area (Å²) in [6, 6.07) is 0.227. The van der Waals surface area contributed by atoms with Gasteiger partial charge in [-0.2, -0.15) is 0 Å². The van der Waals surface area contributed by atoms with Crippen molar-refractivity contribution in [2.24, 2.45) is 0 Å². The van der Waals surface area contributed by atoms with Gasteiger partial charge >= 0.3 is 0 Å². The first-order valence-electron chi connectivity index (χ1n) is 5.01. The van der Waals surface area contributed by atoms with Gasteiger partial charge in [0.05, 0.1) is 5.39 Å². The van der Waals surface area contributed by atoms with E-state index in [9.17, 15) is 5.11 Å². The van der Waals surface area contributed by atoms with Crippen molar-refractivity contribution in [1.82, 2.24) is 14.5 Å². The molecule has 0 spiro atoms. The molecule has 0 fully saturated rings. The Bertz CT molecular complexity index is 556. The van der Waals surface area contributed by atoms with E-state index in [-0.39, 0.29) is 11.8 Å². The number of hydrogen-bond acceptors (Lipinski definition) is 4. The summed E-state index contributed by atoms with van der Waals surface area (Å²) in [6.07, 6.45) is 3.21. The van der Waals surface area contributed by atoms with E-state index >= 15 is 0 Å². The fourth-order valence-corrected chi connectivity index (χ4v) is 1.72. The molecule has 0 aliphatic heterocycles. The molecule has 0 atom stereocenters. The molecule has 0 bridgehead atoms. The summed E-state index contributed by atoms with van der Waals surface area (Å²) in [5.74, 6) is 0.334. The van der Waals surface area contributed by atoms with Crippen molar-refractivity contribution in [2.75, 3.05) is 5.73 Å². The predicted molar refractivity (Wildman–Crippen MR) is 64.0 cm³/mol. The Labute approximate surface area is 93.2 Å². The lowest BCUT2D eigenvalue weighted by molar-refractivity contribution is 0.513. The van der Waals surface area contributed by atoms with Crippen molar-refractivity contribution in [1.29, 1.82) is 0 Å². The van der Waals surface area contributed by atoms with E-state index in [0.29, 0.717) is 22.4 Å². The largest absolute Gasteiger partial charge is 0.508 e. The van der Waals surface area contributed by atoms with Crippen LogP contribution in [0.1, 0.15) is 25.5 Å². The van der Waals surface area contributed by atoms with Crippen LogP contribution in [0, 0.1) is 0 Å². The lowest BCUT2D eigenvalue weighted by atomic mass is 10.2. The number of aliphatic hydroxyl groups is 1. The molecule has 0 aliphatic rings. The SMILES string of the molecule is C=C(O)c1cn(C(C)C)c2ncnc(N)c12. The molecular formula is C11H14N4O. The number of fused-ring (bicyclic) bond motifs is 1. The molecule has 0 radical (unpaired) electrons. The maximum Gasteiger partial charge on any atom is 0.146 e. The smallest absolute Gasteiger partial charge is 0.146 e. The standard InChI is InChI=1S/C11H14N4O/c1-6(2)15-4-8(7(3)16)9-10(12)13-5-14-11(9)15/h4-6,16H,3H2,1-2H3,(H2,12,13,14). The second-order valence-corrected chi connectivity index (χ2v) is 3.95. The lowest BCUT2D eigenvalue weighted by Gasteiger charge is -2.07. The zero-order chi connectivity index (χ0) is 11.9. The molecule has 0 saturated heterocycles. The Morgan fingerprint density at radius 1 is 1.50 bits per heavy atom. The van der Waals surface area contributed by atoms with Crippen molar-refractivity contribution in [2.45, 2.75) is 19.9 Å². The van der Waals surface area contributed by atoms with Crippen molar-refractivity contribution < 1.29 is 5.11 Å². The minimum atomic E-state index is -0.0223. The van der Waals surface area contributed by atoms with Gasteiger partial charge in [-0.1, -0.05) is 6.58 Å². The normalized spacial score (nSPS) is 11.2. The fraction of sp³-hybridized carbons (Fsp3) is 0.273. The summed E-state index contributed by atoms with van der Waals surface area (Å²) in [7, 11) is 0. The molecule has 5 nitrogen and oxygen atoms in total. The third-order valence-corrected chi connectivity index (χ3v) is 2.51. The number of nitrogens with two attached hydrogens (primary N) is 1. The van der Waals surface area contributed by atoms with Crippen LogP contribution in [-0.2, 0) is 0 Å². The minimum Gasteiger partial charge on any atom is -0.508 e. The second-order valence-electron chi connectivity index (χ2n) is 3.95. The number of aromatic nitrogens is 3. The van der Waals surface area contributed by atoms with Crippen LogP contribution < -0.4 is 5.73 Å². The van der Waals surface area contributed by atoms with Gasteiger partial charge in [0.2, 0.25) is 0 Å². The highest BCUT2D eigenvalue weighted by Gasteiger charge is 2.16. The Kier molecular flexibility index (Phi) is 2.30. The first-order valence-corrected chi connectivity index (χ1v) is 5.01. The van der Waals surface area contributed by atoms with Gasteiger partial charge in [-0.25, -0.2) is 9.97 Å². The summed E-state index contributed by atoms with van der Waals surface area (Å²) in [5.41, 5.74) is 7.09. The number of rotatable bonds is 2. The van der Waals surface area contributed by atoms with Gasteiger partial charge < -0.3 is 15.4 Å². The Hall–Kier alpha value is -2.04. The summed E-state index contributed by atoms with van der Waals surface area (Å²) in [4.78, 5) is 8.11. The maximum atomic E-state index is 9.52. The number of nitrogens with zero attached hydrogens (tertiary/aromatic N) is 3. The van der Waals surface area contributed by atoms with E-state index in [4.69, 9.17) is 5.73 Å². The maximum absolute atomic E-state index is 9.52. The molecular weight excluding hydrogens is 204 g/mol. The molecule has 84 valence electrons. The van der Waals surface area contributed by atoms with Crippen molar-refractivity contribution >= 4 is 22.6 Å². The van der Waals surface area contributed by atoms with Gasteiger partial charge in [0, 0.05) is 17.8 Å². The third kappa shape index (κ3) is 1.41. The van der Waals surface area contributed by atoms with Gasteiger partial charge in [0.1, 0.15) is 23.6 Å². The fourth-order valence-electron chi connectivity index (χ4n) is 1.72. The van der Waals surface area contributed by atoms with Gasteiger partial charge in [-0.3, -0.25) is 0 Å². The highest BCUT2D eigenvalue weighted by atomic mass is 16.3. The highest BCUT2D eigenvalue weighted by molar-refractivity contribution is 5.95. The molecule has 2 aromatic rings. The molecule has 0 amide bonds. The molecule has 0 aromatic carbocycles. The van der Waals surface area contributed by atoms with E-state index in [1.54, 1.807) is 6.20 Å². The molecule has 3 N–H and O–H groups in total. The van der Waals surface area contributed by atoms with Crippen LogP contribution in [0.15, 0.2) is 19.1 Å². The molecule has 0 aliphatic carbocycles. The molecule has 0 unspecified atom stereocenters. The quantitative estimate of drug-likeness (QED) is 0.757. The first-order chi connectivity index (χ1) is 7.52. The van der Waals surface area contributed by atoms with E-state index in [1.165, 1.54) is 6.33 Å². The highest BCUT2D eigenvalue weighted by Crippen LogP contribution is 2.29. The van der Waals surface area contributed by atoms with E-state index < -0.39 is 0 Å². The van der Waals surface area contributed by atoms with Crippen LogP contribution in [0.25, 0.3) is 16.8 Å². The predicted octanol–water partition coefficient (Wildman–Crippen LogP) is 2.12. The average Bonchev–Trinajstić information content (AvgIpc) is 2.58. The lowest BCUT2D eigenvalue weighted by Crippen LogP contribution is -2.00. The minimum absolute atomic E-state index is 0.0223. The Morgan fingerprint density at radius 2 is 2.19 bits per heavy atom. The molecule has 16 heavy (non-hydrogen) atoms. The van der Waals surface area contributed by atoms with Crippen LogP contribution in [0.3, 0.4) is 0 Å². The number of nitrogen functional groups attached to an aromatic ring is 1. The summed E-state index contributed by atoms with van der Waals surface area (Å²) in [6.45, 7) is 7.58. The summed E-state index contributed by atoms with van der Waals surface area (Å²) in [5, 5.41) is 10.2. The van der Waals surface area contributed by atoms with E-state index in [2.05, 4.69) is 16.5 Å². The van der Waals surface area contributed by atoms with Crippen LogP contribution >= 0.6 is 0 Å². The van der Waals surface area contributed by atoms with Gasteiger partial charge in [-0.05, 0) is 13.8 Å². The van der Waals surface area contributed by atoms with Crippen molar-refractivity contribution in [3.05, 3.63) is 24.7 Å². The molecule has 2 aromatic heterocycles. The Morgan fingerprint density at radius 3 is 2.75 bits per heavy atom. The zero-order valence-electron chi connectivity index (χ0n) is 9.31. The number of hydrogen-bond donors (Lipinski definition) is 2. The van der Waals surface area contributed by atoms with Gasteiger partial charge in [0.15, 0.2) is 0 Å². The van der Waals surface area contributed by atoms with Crippen LogP contribution in [0.2, 0.25) is 0 Å². The van der Waals surface area contributed by atoms with Crippen LogP contribution in [0.5, 0.6) is 0 Å². The molecule has 5 heteroatoms. The Balaban J connectivity index is 2.87. The first kappa shape index (κ1) is 10.5. The molecule has 2 heterocycles.